The van der Waals surface area contributed by atoms with Crippen LogP contribution in [-0.4, -0.2) is 23.0 Å². The second kappa shape index (κ2) is 9.02. The lowest BCUT2D eigenvalue weighted by Crippen LogP contribution is -2.32. The normalized spacial score (nSPS) is 11.8. The molecule has 1 unspecified atom stereocenters. The van der Waals surface area contributed by atoms with Crippen LogP contribution in [0.3, 0.4) is 0 Å². The van der Waals surface area contributed by atoms with Crippen LogP contribution in [0.4, 0.5) is 5.69 Å². The first kappa shape index (κ1) is 20.6. The minimum Gasteiger partial charge on any atom is -0.449 e. The van der Waals surface area contributed by atoms with E-state index in [0.29, 0.717) is 39.7 Å². The summed E-state index contributed by atoms with van der Waals surface area (Å²) in [6, 6.07) is 20.9. The molecule has 6 nitrogen and oxygen atoms in total. The maximum atomic E-state index is 12.9. The van der Waals surface area contributed by atoms with Crippen molar-refractivity contribution in [3.8, 4) is 11.5 Å². The van der Waals surface area contributed by atoms with E-state index in [2.05, 4.69) is 10.3 Å². The number of ether oxygens (including phenoxy) is 1. The summed E-state index contributed by atoms with van der Waals surface area (Å²) in [5, 5.41) is 3.30. The van der Waals surface area contributed by atoms with Crippen LogP contribution in [0.25, 0.3) is 22.6 Å². The van der Waals surface area contributed by atoms with Crippen LogP contribution in [0, 0.1) is 0 Å². The van der Waals surface area contributed by atoms with Crippen molar-refractivity contribution in [2.45, 2.75) is 19.4 Å². The van der Waals surface area contributed by atoms with Crippen LogP contribution in [0.15, 0.2) is 77.2 Å². The van der Waals surface area contributed by atoms with Crippen LogP contribution in [0.2, 0.25) is 5.02 Å². The quantitative estimate of drug-likeness (QED) is 0.392. The molecule has 0 aliphatic rings. The fraction of sp³-hybridized carbons (Fsp3) is 0.125. The number of anilines is 1. The maximum absolute atomic E-state index is 12.9. The zero-order chi connectivity index (χ0) is 21.8. The number of amides is 1. The molecule has 0 saturated heterocycles. The number of nitrogens with zero attached hydrogens (tertiary/aromatic N) is 1. The lowest BCUT2D eigenvalue weighted by molar-refractivity contribution is -0.124. The van der Waals surface area contributed by atoms with E-state index in [0.717, 1.165) is 0 Å². The third-order valence-electron chi connectivity index (χ3n) is 4.70. The minimum atomic E-state index is -0.958. The van der Waals surface area contributed by atoms with Crippen molar-refractivity contribution >= 4 is 40.3 Å². The van der Waals surface area contributed by atoms with Crippen molar-refractivity contribution in [2.75, 3.05) is 5.32 Å². The van der Waals surface area contributed by atoms with Gasteiger partial charge in [-0.25, -0.2) is 9.78 Å². The Bertz CT molecular complexity index is 1200. The molecule has 3 aromatic carbocycles. The first-order valence-corrected chi connectivity index (χ1v) is 10.2. The molecule has 0 aliphatic heterocycles. The third-order valence-corrected chi connectivity index (χ3v) is 4.95. The fourth-order valence-electron chi connectivity index (χ4n) is 3.11. The Kier molecular flexibility index (Phi) is 6.00. The highest BCUT2D eigenvalue weighted by Crippen LogP contribution is 2.28. The summed E-state index contributed by atoms with van der Waals surface area (Å²) in [6.45, 7) is 1.77. The highest BCUT2D eigenvalue weighted by atomic mass is 35.5. The van der Waals surface area contributed by atoms with Gasteiger partial charge in [0, 0.05) is 10.7 Å². The van der Waals surface area contributed by atoms with E-state index in [4.69, 9.17) is 20.8 Å². The zero-order valence-electron chi connectivity index (χ0n) is 16.7. The number of benzene rings is 3. The van der Waals surface area contributed by atoms with E-state index in [1.165, 1.54) is 0 Å². The second-order valence-electron chi connectivity index (χ2n) is 6.83. The number of hydrogen-bond donors (Lipinski definition) is 1. The standard InChI is InChI=1S/C24H19ClN2O4/c1-2-20(22(28)26-16-13-11-15(25)12-14-16)31-24(29)18-8-4-3-7-17(18)23-27-19-9-5-6-10-21(19)30-23/h3-14,20H,2H2,1H3,(H,26,28). The minimum absolute atomic E-state index is 0.270. The third kappa shape index (κ3) is 4.59. The van der Waals surface area contributed by atoms with Crippen LogP contribution in [0.1, 0.15) is 23.7 Å². The molecule has 0 radical (unpaired) electrons. The number of halogens is 1. The van der Waals surface area contributed by atoms with Crippen LogP contribution in [-0.2, 0) is 9.53 Å². The summed E-state index contributed by atoms with van der Waals surface area (Å²) in [5.41, 5.74) is 2.64. The molecular formula is C24H19ClN2O4. The number of nitrogens with one attached hydrogen (secondary N) is 1. The molecule has 1 N–H and O–H groups in total. The average Bonchev–Trinajstić information content (AvgIpc) is 3.23. The van der Waals surface area contributed by atoms with Gasteiger partial charge in [0.15, 0.2) is 11.7 Å². The van der Waals surface area contributed by atoms with E-state index < -0.39 is 18.0 Å². The molecule has 4 rings (SSSR count). The Morgan fingerprint density at radius 1 is 1.03 bits per heavy atom. The van der Waals surface area contributed by atoms with Gasteiger partial charge in [-0.2, -0.15) is 0 Å². The van der Waals surface area contributed by atoms with Crippen molar-refractivity contribution in [3.05, 3.63) is 83.4 Å². The largest absolute Gasteiger partial charge is 0.449 e. The number of hydrogen-bond acceptors (Lipinski definition) is 5. The van der Waals surface area contributed by atoms with E-state index >= 15 is 0 Å². The number of para-hydroxylation sites is 2. The molecule has 0 saturated carbocycles. The fourth-order valence-corrected chi connectivity index (χ4v) is 3.23. The van der Waals surface area contributed by atoms with Gasteiger partial charge in [-0.1, -0.05) is 42.8 Å². The van der Waals surface area contributed by atoms with Crippen LogP contribution in [0.5, 0.6) is 0 Å². The number of oxazole rings is 1. The van der Waals surface area contributed by atoms with Crippen molar-refractivity contribution in [2.24, 2.45) is 0 Å². The molecule has 0 spiro atoms. The van der Waals surface area contributed by atoms with Gasteiger partial charge < -0.3 is 14.5 Å². The molecule has 0 bridgehead atoms. The molecule has 1 amide bonds. The summed E-state index contributed by atoms with van der Waals surface area (Å²) in [7, 11) is 0. The van der Waals surface area contributed by atoms with Crippen molar-refractivity contribution < 1.29 is 18.7 Å². The number of rotatable bonds is 6. The van der Waals surface area contributed by atoms with E-state index in [1.54, 1.807) is 61.5 Å². The van der Waals surface area contributed by atoms with E-state index in [-0.39, 0.29) is 5.56 Å². The van der Waals surface area contributed by atoms with Gasteiger partial charge in [-0.3, -0.25) is 4.79 Å². The maximum Gasteiger partial charge on any atom is 0.339 e. The molecule has 4 aromatic rings. The second-order valence-corrected chi connectivity index (χ2v) is 7.27. The van der Waals surface area contributed by atoms with E-state index in [1.807, 2.05) is 18.2 Å². The van der Waals surface area contributed by atoms with Crippen molar-refractivity contribution in [1.29, 1.82) is 0 Å². The molecule has 0 fully saturated rings. The first-order chi connectivity index (χ1) is 15.0. The lowest BCUT2D eigenvalue weighted by atomic mass is 10.1. The summed E-state index contributed by atoms with van der Waals surface area (Å²) in [5.74, 6) is -0.735. The Morgan fingerprint density at radius 2 is 1.74 bits per heavy atom. The number of esters is 1. The molecule has 0 aliphatic carbocycles. The summed E-state index contributed by atoms with van der Waals surface area (Å²) < 4.78 is 11.3. The molecule has 31 heavy (non-hydrogen) atoms. The highest BCUT2D eigenvalue weighted by molar-refractivity contribution is 6.30. The Labute approximate surface area is 183 Å². The Hall–Kier alpha value is -3.64. The van der Waals surface area contributed by atoms with Crippen molar-refractivity contribution in [1.82, 2.24) is 4.98 Å². The summed E-state index contributed by atoms with van der Waals surface area (Å²) in [4.78, 5) is 30.0. The van der Waals surface area contributed by atoms with Gasteiger partial charge in [0.25, 0.3) is 5.91 Å². The Morgan fingerprint density at radius 3 is 2.48 bits per heavy atom. The van der Waals surface area contributed by atoms with Gasteiger partial charge in [0.2, 0.25) is 5.89 Å². The van der Waals surface area contributed by atoms with E-state index in [9.17, 15) is 9.59 Å². The predicted octanol–water partition coefficient (Wildman–Crippen LogP) is 5.72. The number of aromatic nitrogens is 1. The molecule has 1 atom stereocenters. The van der Waals surface area contributed by atoms with Gasteiger partial charge in [0.1, 0.15) is 5.52 Å². The first-order valence-electron chi connectivity index (χ1n) is 9.77. The smallest absolute Gasteiger partial charge is 0.339 e. The lowest BCUT2D eigenvalue weighted by Gasteiger charge is -2.17. The van der Waals surface area contributed by atoms with Crippen LogP contribution < -0.4 is 5.32 Å². The number of carbonyl (C=O) groups excluding carboxylic acids is 2. The Balaban J connectivity index is 1.55. The topological polar surface area (TPSA) is 81.4 Å². The van der Waals surface area contributed by atoms with Crippen LogP contribution >= 0.6 is 11.6 Å². The predicted molar refractivity (Wildman–Crippen MR) is 119 cm³/mol. The number of carbonyl (C=O) groups is 2. The SMILES string of the molecule is CCC(OC(=O)c1ccccc1-c1nc2ccccc2o1)C(=O)Nc1ccc(Cl)cc1. The monoisotopic (exact) mass is 434 g/mol. The molecule has 7 heteroatoms. The molecular weight excluding hydrogens is 416 g/mol. The number of fused-ring (bicyclic) bond motifs is 1. The zero-order valence-corrected chi connectivity index (χ0v) is 17.4. The highest BCUT2D eigenvalue weighted by Gasteiger charge is 2.25. The molecule has 156 valence electrons. The van der Waals surface area contributed by atoms with Gasteiger partial charge in [0.05, 0.1) is 11.1 Å². The van der Waals surface area contributed by atoms with Gasteiger partial charge in [-0.15, -0.1) is 0 Å². The summed E-state index contributed by atoms with van der Waals surface area (Å²) in [6.07, 6.45) is -0.643. The average molecular weight is 435 g/mol. The van der Waals surface area contributed by atoms with Gasteiger partial charge >= 0.3 is 5.97 Å². The van der Waals surface area contributed by atoms with Crippen molar-refractivity contribution in [3.63, 3.8) is 0 Å². The summed E-state index contributed by atoms with van der Waals surface area (Å²) >= 11 is 5.87. The van der Waals surface area contributed by atoms with Gasteiger partial charge in [-0.05, 0) is 55.0 Å². The molecule has 1 aromatic heterocycles. The molecule has 1 heterocycles.